The first-order valence-corrected chi connectivity index (χ1v) is 10.2. The van der Waals surface area contributed by atoms with E-state index < -0.39 is 5.92 Å². The fourth-order valence-corrected chi connectivity index (χ4v) is 3.55. The number of hydrogen-bond acceptors (Lipinski definition) is 4. The van der Waals surface area contributed by atoms with Crippen molar-refractivity contribution in [3.8, 4) is 0 Å². The van der Waals surface area contributed by atoms with Crippen LogP contribution in [0.15, 0.2) is 83.9 Å². The quantitative estimate of drug-likeness (QED) is 0.525. The van der Waals surface area contributed by atoms with E-state index in [1.54, 1.807) is 24.3 Å². The van der Waals surface area contributed by atoms with Crippen LogP contribution in [-0.2, 0) is 14.4 Å². The van der Waals surface area contributed by atoms with E-state index >= 15 is 0 Å². The molecule has 4 rings (SSSR count). The van der Waals surface area contributed by atoms with E-state index in [1.165, 1.54) is 6.92 Å². The van der Waals surface area contributed by atoms with Crippen molar-refractivity contribution >= 4 is 40.5 Å². The Morgan fingerprint density at radius 2 is 1.62 bits per heavy atom. The van der Waals surface area contributed by atoms with Gasteiger partial charge in [-0.2, -0.15) is 0 Å². The van der Waals surface area contributed by atoms with E-state index in [0.717, 1.165) is 16.8 Å². The summed E-state index contributed by atoms with van der Waals surface area (Å²) in [5.74, 6) is -1.22. The summed E-state index contributed by atoms with van der Waals surface area (Å²) >= 11 is 0. The molecule has 1 heterocycles. The molecule has 1 unspecified atom stereocenters. The molecule has 1 aliphatic heterocycles. The SMILES string of the molecule is CC(=O)NCC(=O)Nc1ccc(N=C(c2ccccc2)C2C(=O)Nc3ccccc32)cc1. The summed E-state index contributed by atoms with van der Waals surface area (Å²) in [4.78, 5) is 40.5. The fourth-order valence-electron chi connectivity index (χ4n) is 3.55. The molecule has 160 valence electrons. The van der Waals surface area contributed by atoms with Crippen LogP contribution < -0.4 is 16.0 Å². The molecule has 1 atom stereocenters. The highest BCUT2D eigenvalue weighted by Gasteiger charge is 2.35. The number of rotatable bonds is 6. The summed E-state index contributed by atoms with van der Waals surface area (Å²) in [5, 5.41) is 8.11. The largest absolute Gasteiger partial charge is 0.347 e. The first-order chi connectivity index (χ1) is 15.5. The Bertz CT molecular complexity index is 1190. The van der Waals surface area contributed by atoms with Crippen molar-refractivity contribution in [2.24, 2.45) is 4.99 Å². The van der Waals surface area contributed by atoms with Gasteiger partial charge in [-0.1, -0.05) is 48.5 Å². The normalized spacial score (nSPS) is 15.0. The van der Waals surface area contributed by atoms with E-state index in [2.05, 4.69) is 16.0 Å². The zero-order chi connectivity index (χ0) is 22.5. The third kappa shape index (κ3) is 4.73. The average Bonchev–Trinajstić information content (AvgIpc) is 3.13. The Hall–Kier alpha value is -4.26. The number of nitrogens with one attached hydrogen (secondary N) is 3. The van der Waals surface area contributed by atoms with Crippen molar-refractivity contribution in [2.45, 2.75) is 12.8 Å². The number of para-hydroxylation sites is 1. The average molecular weight is 426 g/mol. The summed E-state index contributed by atoms with van der Waals surface area (Å²) < 4.78 is 0. The number of anilines is 2. The molecule has 3 aromatic rings. The Kier molecular flexibility index (Phi) is 6.07. The van der Waals surface area contributed by atoms with Gasteiger partial charge in [0.2, 0.25) is 17.7 Å². The molecular formula is C25H22N4O3. The summed E-state index contributed by atoms with van der Waals surface area (Å²) in [6.07, 6.45) is 0. The van der Waals surface area contributed by atoms with Crippen molar-refractivity contribution < 1.29 is 14.4 Å². The summed E-state index contributed by atoms with van der Waals surface area (Å²) in [5.41, 5.74) is 4.43. The molecule has 0 fully saturated rings. The minimum atomic E-state index is -0.523. The van der Waals surface area contributed by atoms with E-state index in [4.69, 9.17) is 4.99 Å². The first-order valence-electron chi connectivity index (χ1n) is 10.2. The third-order valence-corrected chi connectivity index (χ3v) is 5.03. The first kappa shape index (κ1) is 21.0. The topological polar surface area (TPSA) is 99.7 Å². The molecule has 32 heavy (non-hydrogen) atoms. The minimum Gasteiger partial charge on any atom is -0.347 e. The van der Waals surface area contributed by atoms with Crippen LogP contribution in [0.25, 0.3) is 0 Å². The number of benzene rings is 3. The smallest absolute Gasteiger partial charge is 0.243 e. The highest BCUT2D eigenvalue weighted by molar-refractivity contribution is 6.24. The number of amides is 3. The van der Waals surface area contributed by atoms with E-state index in [0.29, 0.717) is 17.1 Å². The van der Waals surface area contributed by atoms with Gasteiger partial charge >= 0.3 is 0 Å². The molecule has 3 aromatic carbocycles. The summed E-state index contributed by atoms with van der Waals surface area (Å²) in [6.45, 7) is 1.26. The van der Waals surface area contributed by atoms with Crippen molar-refractivity contribution in [3.05, 3.63) is 90.0 Å². The van der Waals surface area contributed by atoms with E-state index in [-0.39, 0.29) is 24.3 Å². The van der Waals surface area contributed by atoms with Crippen LogP contribution in [0, 0.1) is 0 Å². The number of carbonyl (C=O) groups excluding carboxylic acids is 3. The van der Waals surface area contributed by atoms with Gasteiger partial charge in [0.05, 0.1) is 17.9 Å². The molecule has 0 radical (unpaired) electrons. The maximum atomic E-state index is 12.9. The molecule has 0 saturated carbocycles. The Morgan fingerprint density at radius 3 is 2.34 bits per heavy atom. The van der Waals surface area contributed by atoms with Crippen molar-refractivity contribution in [1.29, 1.82) is 0 Å². The molecule has 0 spiro atoms. The van der Waals surface area contributed by atoms with Gasteiger partial charge in [-0.05, 0) is 41.5 Å². The molecule has 7 nitrogen and oxygen atoms in total. The number of nitrogens with zero attached hydrogens (tertiary/aromatic N) is 1. The van der Waals surface area contributed by atoms with Gasteiger partial charge in [-0.3, -0.25) is 19.4 Å². The molecule has 0 aromatic heterocycles. The molecule has 1 aliphatic rings. The second-order valence-electron chi connectivity index (χ2n) is 7.38. The van der Waals surface area contributed by atoms with Gasteiger partial charge in [0.1, 0.15) is 5.92 Å². The van der Waals surface area contributed by atoms with Crippen LogP contribution in [0.4, 0.5) is 17.1 Å². The van der Waals surface area contributed by atoms with E-state index in [9.17, 15) is 14.4 Å². The lowest BCUT2D eigenvalue weighted by molar-refractivity contribution is -0.122. The number of aliphatic imine (C=N–C) groups is 1. The second-order valence-corrected chi connectivity index (χ2v) is 7.38. The zero-order valence-corrected chi connectivity index (χ0v) is 17.5. The maximum Gasteiger partial charge on any atom is 0.243 e. The Morgan fingerprint density at radius 1 is 0.938 bits per heavy atom. The van der Waals surface area contributed by atoms with Crippen LogP contribution in [0.3, 0.4) is 0 Å². The lowest BCUT2D eigenvalue weighted by Gasteiger charge is -2.14. The van der Waals surface area contributed by atoms with Gasteiger partial charge in [0.15, 0.2) is 0 Å². The third-order valence-electron chi connectivity index (χ3n) is 5.03. The van der Waals surface area contributed by atoms with Gasteiger partial charge in [-0.25, -0.2) is 0 Å². The Balaban J connectivity index is 1.63. The lowest BCUT2D eigenvalue weighted by atomic mass is 9.90. The van der Waals surface area contributed by atoms with Gasteiger partial charge in [-0.15, -0.1) is 0 Å². The molecule has 3 N–H and O–H groups in total. The fraction of sp³-hybridized carbons (Fsp3) is 0.120. The predicted octanol–water partition coefficient (Wildman–Crippen LogP) is 3.62. The number of hydrogen-bond donors (Lipinski definition) is 3. The maximum absolute atomic E-state index is 12.9. The van der Waals surface area contributed by atoms with Crippen molar-refractivity contribution in [1.82, 2.24) is 5.32 Å². The lowest BCUT2D eigenvalue weighted by Crippen LogP contribution is -2.31. The monoisotopic (exact) mass is 426 g/mol. The predicted molar refractivity (Wildman–Crippen MR) is 124 cm³/mol. The summed E-state index contributed by atoms with van der Waals surface area (Å²) in [6, 6.07) is 24.2. The second kappa shape index (κ2) is 9.26. The van der Waals surface area contributed by atoms with Crippen LogP contribution in [-0.4, -0.2) is 30.0 Å². The number of carbonyl (C=O) groups is 3. The van der Waals surface area contributed by atoms with Gasteiger partial charge in [0, 0.05) is 18.3 Å². The molecule has 3 amide bonds. The molecule has 7 heteroatoms. The van der Waals surface area contributed by atoms with Crippen LogP contribution in [0.1, 0.15) is 24.0 Å². The van der Waals surface area contributed by atoms with Crippen LogP contribution in [0.5, 0.6) is 0 Å². The van der Waals surface area contributed by atoms with Crippen LogP contribution >= 0.6 is 0 Å². The highest BCUT2D eigenvalue weighted by atomic mass is 16.2. The minimum absolute atomic E-state index is 0.0937. The van der Waals surface area contributed by atoms with Gasteiger partial charge < -0.3 is 16.0 Å². The summed E-state index contributed by atoms with van der Waals surface area (Å²) in [7, 11) is 0. The molecule has 0 bridgehead atoms. The highest BCUT2D eigenvalue weighted by Crippen LogP contribution is 2.36. The van der Waals surface area contributed by atoms with Crippen molar-refractivity contribution in [3.63, 3.8) is 0 Å². The zero-order valence-electron chi connectivity index (χ0n) is 17.5. The van der Waals surface area contributed by atoms with Gasteiger partial charge in [0.25, 0.3) is 0 Å². The Labute approximate surface area is 185 Å². The molecule has 0 saturated heterocycles. The van der Waals surface area contributed by atoms with Crippen LogP contribution in [0.2, 0.25) is 0 Å². The molecule has 0 aliphatic carbocycles. The van der Waals surface area contributed by atoms with E-state index in [1.807, 2.05) is 54.6 Å². The standard InChI is InChI=1S/C25H22N4O3/c1-16(30)26-15-22(31)27-18-11-13-19(14-12-18)28-24(17-7-3-2-4-8-17)23-20-9-5-6-10-21(20)29-25(23)32/h2-14,23H,15H2,1H3,(H,26,30)(H,27,31)(H,29,32). The van der Waals surface area contributed by atoms with Crippen molar-refractivity contribution in [2.75, 3.05) is 17.2 Å². The molecular weight excluding hydrogens is 404 g/mol. The number of fused-ring (bicyclic) bond motifs is 1.